The summed E-state index contributed by atoms with van der Waals surface area (Å²) < 4.78 is 0. The van der Waals surface area contributed by atoms with Gasteiger partial charge in [0.15, 0.2) is 0 Å². The molecule has 0 aliphatic carbocycles. The maximum absolute atomic E-state index is 12.5. The molecule has 0 fully saturated rings. The number of carbonyl (C=O) groups is 1. The fraction of sp³-hybridized carbons (Fsp3) is 0.136. The van der Waals surface area contributed by atoms with Crippen molar-refractivity contribution >= 4 is 17.3 Å². The van der Waals surface area contributed by atoms with Gasteiger partial charge < -0.3 is 15.9 Å². The van der Waals surface area contributed by atoms with Gasteiger partial charge in [0.2, 0.25) is 6.10 Å². The first-order chi connectivity index (χ1) is 13.7. The van der Waals surface area contributed by atoms with Crippen LogP contribution in [0.3, 0.4) is 0 Å². The molecule has 1 amide bonds. The second-order valence-electron chi connectivity index (χ2n) is 6.58. The molecule has 0 saturated heterocycles. The fourth-order valence-corrected chi connectivity index (χ4v) is 3.07. The Bertz CT molecular complexity index is 972. The van der Waals surface area contributed by atoms with Crippen molar-refractivity contribution < 1.29 is 9.63 Å². The van der Waals surface area contributed by atoms with Crippen LogP contribution in [0.25, 0.3) is 0 Å². The average molecular weight is 372 g/mol. The molecule has 2 atom stereocenters. The van der Waals surface area contributed by atoms with E-state index >= 15 is 0 Å². The Balaban J connectivity index is 1.37. The number of hydrogen-bond acceptors (Lipinski definition) is 5. The summed E-state index contributed by atoms with van der Waals surface area (Å²) in [5.41, 5.74) is 10.6. The summed E-state index contributed by atoms with van der Waals surface area (Å²) in [4.78, 5) is 21.8. The van der Waals surface area contributed by atoms with E-state index in [-0.39, 0.29) is 11.9 Å². The second-order valence-corrected chi connectivity index (χ2v) is 6.58. The summed E-state index contributed by atoms with van der Waals surface area (Å²) in [6.07, 6.45) is 3.16. The Morgan fingerprint density at radius 1 is 1.04 bits per heavy atom. The maximum Gasteiger partial charge on any atom is 0.268 e. The number of rotatable bonds is 5. The number of nitrogens with two attached hydrogens (primary N) is 1. The van der Waals surface area contributed by atoms with Gasteiger partial charge in [0.1, 0.15) is 0 Å². The Morgan fingerprint density at radius 3 is 2.50 bits per heavy atom. The summed E-state index contributed by atoms with van der Waals surface area (Å²) in [6, 6.07) is 20.9. The number of anilines is 1. The van der Waals surface area contributed by atoms with Gasteiger partial charge in [-0.3, -0.25) is 9.78 Å². The lowest BCUT2D eigenvalue weighted by Crippen LogP contribution is -2.28. The molecule has 1 aliphatic rings. The van der Waals surface area contributed by atoms with Crippen molar-refractivity contribution in [1.82, 2.24) is 4.98 Å². The highest BCUT2D eigenvalue weighted by Gasteiger charge is 2.29. The van der Waals surface area contributed by atoms with Gasteiger partial charge in [-0.15, -0.1) is 0 Å². The first-order valence-electron chi connectivity index (χ1n) is 9.05. The number of oxime groups is 1. The molecule has 0 spiro atoms. The van der Waals surface area contributed by atoms with Crippen LogP contribution in [0.15, 0.2) is 84.3 Å². The Hall–Kier alpha value is -3.51. The highest BCUT2D eigenvalue weighted by atomic mass is 16.6. The van der Waals surface area contributed by atoms with Gasteiger partial charge in [0.25, 0.3) is 5.91 Å². The third-order valence-electron chi connectivity index (χ3n) is 4.65. The van der Waals surface area contributed by atoms with Crippen LogP contribution in [-0.4, -0.2) is 22.7 Å². The number of pyridine rings is 1. The number of carbonyl (C=O) groups excluding carboxylic acids is 1. The van der Waals surface area contributed by atoms with E-state index in [1.54, 1.807) is 12.4 Å². The smallest absolute Gasteiger partial charge is 0.268 e. The Labute approximate surface area is 163 Å². The van der Waals surface area contributed by atoms with Crippen molar-refractivity contribution in [3.63, 3.8) is 0 Å². The van der Waals surface area contributed by atoms with Crippen molar-refractivity contribution in [2.75, 3.05) is 5.32 Å². The lowest BCUT2D eigenvalue weighted by molar-refractivity contribution is -0.125. The van der Waals surface area contributed by atoms with Crippen LogP contribution in [0, 0.1) is 0 Å². The lowest BCUT2D eigenvalue weighted by Gasteiger charge is -2.14. The van der Waals surface area contributed by atoms with Crippen molar-refractivity contribution in [2.24, 2.45) is 10.9 Å². The predicted molar refractivity (Wildman–Crippen MR) is 108 cm³/mol. The number of aromatic nitrogens is 1. The second kappa shape index (κ2) is 8.02. The fourth-order valence-electron chi connectivity index (χ4n) is 3.07. The summed E-state index contributed by atoms with van der Waals surface area (Å²) >= 11 is 0. The van der Waals surface area contributed by atoms with Crippen molar-refractivity contribution in [1.29, 1.82) is 0 Å². The van der Waals surface area contributed by atoms with E-state index in [2.05, 4.69) is 15.5 Å². The molecule has 2 aromatic carbocycles. The highest BCUT2D eigenvalue weighted by Crippen LogP contribution is 2.22. The van der Waals surface area contributed by atoms with Gasteiger partial charge in [0, 0.05) is 30.1 Å². The number of nitrogens with zero attached hydrogens (tertiary/aromatic N) is 2. The van der Waals surface area contributed by atoms with Gasteiger partial charge in [0.05, 0.1) is 11.8 Å². The van der Waals surface area contributed by atoms with Crippen molar-refractivity contribution in [2.45, 2.75) is 18.6 Å². The molecule has 28 heavy (non-hydrogen) atoms. The number of benzene rings is 2. The van der Waals surface area contributed by atoms with E-state index in [0.717, 1.165) is 22.4 Å². The molecule has 4 rings (SSSR count). The lowest BCUT2D eigenvalue weighted by atomic mass is 9.99. The van der Waals surface area contributed by atoms with Crippen LogP contribution in [0.2, 0.25) is 0 Å². The molecule has 6 heteroatoms. The van der Waals surface area contributed by atoms with Crippen LogP contribution < -0.4 is 11.1 Å². The topological polar surface area (TPSA) is 89.6 Å². The maximum atomic E-state index is 12.5. The zero-order valence-corrected chi connectivity index (χ0v) is 15.2. The Kier molecular flexibility index (Phi) is 5.12. The zero-order chi connectivity index (χ0) is 19.3. The molecular formula is C22H20N4O2. The minimum atomic E-state index is -0.651. The zero-order valence-electron chi connectivity index (χ0n) is 15.2. The van der Waals surface area contributed by atoms with E-state index in [1.165, 1.54) is 0 Å². The summed E-state index contributed by atoms with van der Waals surface area (Å²) in [6.45, 7) is 0. The molecule has 3 aromatic rings. The molecule has 6 nitrogen and oxygen atoms in total. The number of amides is 1. The Morgan fingerprint density at radius 2 is 1.79 bits per heavy atom. The molecule has 0 saturated carbocycles. The summed E-state index contributed by atoms with van der Waals surface area (Å²) in [5.74, 6) is -0.234. The van der Waals surface area contributed by atoms with E-state index in [1.807, 2.05) is 66.7 Å². The first-order valence-corrected chi connectivity index (χ1v) is 9.05. The van der Waals surface area contributed by atoms with Gasteiger partial charge in [-0.25, -0.2) is 0 Å². The van der Waals surface area contributed by atoms with Gasteiger partial charge in [-0.05, 0) is 35.4 Å². The van der Waals surface area contributed by atoms with E-state index in [0.29, 0.717) is 12.1 Å². The van der Waals surface area contributed by atoms with Crippen molar-refractivity contribution in [3.8, 4) is 0 Å². The van der Waals surface area contributed by atoms with Crippen LogP contribution in [-0.2, 0) is 9.63 Å². The van der Waals surface area contributed by atoms with E-state index in [4.69, 9.17) is 10.6 Å². The molecular weight excluding hydrogens is 352 g/mol. The monoisotopic (exact) mass is 372 g/mol. The largest absolute Gasteiger partial charge is 0.382 e. The van der Waals surface area contributed by atoms with Crippen LogP contribution >= 0.6 is 0 Å². The molecule has 0 radical (unpaired) electrons. The molecule has 3 N–H and O–H groups in total. The molecule has 140 valence electrons. The van der Waals surface area contributed by atoms with Crippen LogP contribution in [0.4, 0.5) is 5.69 Å². The third kappa shape index (κ3) is 3.92. The molecule has 2 heterocycles. The van der Waals surface area contributed by atoms with Gasteiger partial charge >= 0.3 is 0 Å². The number of hydrogen-bond donors (Lipinski definition) is 2. The van der Waals surface area contributed by atoms with Crippen LogP contribution in [0.5, 0.6) is 0 Å². The average Bonchev–Trinajstić information content (AvgIpc) is 3.26. The molecule has 1 aromatic heterocycles. The summed E-state index contributed by atoms with van der Waals surface area (Å²) in [7, 11) is 0. The SMILES string of the molecule is NC(c1ccccc1)c1ccc(NC(=O)[C@@H]2CC(c3cccnc3)=NO2)cc1. The quantitative estimate of drug-likeness (QED) is 0.719. The normalized spacial score (nSPS) is 16.8. The minimum Gasteiger partial charge on any atom is -0.382 e. The highest BCUT2D eigenvalue weighted by molar-refractivity contribution is 6.05. The number of nitrogens with one attached hydrogen (secondary N) is 1. The minimum absolute atomic E-state index is 0.209. The first kappa shape index (κ1) is 17.9. The molecule has 1 aliphatic heterocycles. The van der Waals surface area contributed by atoms with Crippen LogP contribution in [0.1, 0.15) is 29.2 Å². The van der Waals surface area contributed by atoms with Crippen molar-refractivity contribution in [3.05, 3.63) is 95.8 Å². The van der Waals surface area contributed by atoms with E-state index < -0.39 is 6.10 Å². The molecule has 1 unspecified atom stereocenters. The van der Waals surface area contributed by atoms with Gasteiger partial charge in [-0.1, -0.05) is 47.6 Å². The third-order valence-corrected chi connectivity index (χ3v) is 4.65. The molecule has 0 bridgehead atoms. The van der Waals surface area contributed by atoms with E-state index in [9.17, 15) is 4.79 Å². The predicted octanol–water partition coefficient (Wildman–Crippen LogP) is 3.26. The standard InChI is InChI=1S/C22H20N4O2/c23-21(15-5-2-1-3-6-15)16-8-10-18(11-9-16)25-22(27)20-13-19(26-28-20)17-7-4-12-24-14-17/h1-12,14,20-21H,13,23H2,(H,25,27)/t20-,21?/m0/s1. The van der Waals surface area contributed by atoms with Gasteiger partial charge in [-0.2, -0.15) is 0 Å². The summed E-state index contributed by atoms with van der Waals surface area (Å²) in [5, 5.41) is 6.89.